The maximum absolute atomic E-state index is 12.4. The van der Waals surface area contributed by atoms with Gasteiger partial charge in [0.25, 0.3) is 10.0 Å². The molecule has 0 saturated carbocycles. The number of rotatable bonds is 2. The van der Waals surface area contributed by atoms with Gasteiger partial charge in [-0.05, 0) is 38.8 Å². The van der Waals surface area contributed by atoms with Gasteiger partial charge < -0.3 is 0 Å². The summed E-state index contributed by atoms with van der Waals surface area (Å²) in [5, 5.41) is 0. The van der Waals surface area contributed by atoms with E-state index >= 15 is 0 Å². The van der Waals surface area contributed by atoms with E-state index in [9.17, 15) is 8.42 Å². The Kier molecular flexibility index (Phi) is 3.24. The van der Waals surface area contributed by atoms with E-state index < -0.39 is 10.0 Å². The normalized spacial score (nSPS) is 16.8. The molecular weight excluding hydrogens is 234 g/mol. The Hall–Kier alpha value is -1.29. The summed E-state index contributed by atoms with van der Waals surface area (Å²) in [5.41, 5.74) is 1.90. The quantitative estimate of drug-likeness (QED) is 0.810. The van der Waals surface area contributed by atoms with Gasteiger partial charge in [0.15, 0.2) is 0 Å². The summed E-state index contributed by atoms with van der Waals surface area (Å²) in [7, 11) is -3.36. The lowest BCUT2D eigenvalue weighted by molar-refractivity contribution is 0.450. The summed E-state index contributed by atoms with van der Waals surface area (Å²) in [6.07, 6.45) is 3.84. The van der Waals surface area contributed by atoms with Crippen LogP contribution < -0.4 is 0 Å². The second-order valence-corrected chi connectivity index (χ2v) is 6.24. The summed E-state index contributed by atoms with van der Waals surface area (Å²) in [6.45, 7) is 4.38. The molecule has 1 aliphatic heterocycles. The number of aryl methyl sites for hydroxylation is 1. The highest BCUT2D eigenvalue weighted by atomic mass is 32.2. The third-order valence-corrected chi connectivity index (χ3v) is 4.93. The Labute approximate surface area is 103 Å². The summed E-state index contributed by atoms with van der Waals surface area (Å²) < 4.78 is 26.3. The SMILES string of the molecule is CC1=CCCCN1S(=O)(=O)c1ccc(C)cc1. The van der Waals surface area contributed by atoms with Crippen LogP contribution in [0.15, 0.2) is 40.9 Å². The highest BCUT2D eigenvalue weighted by Gasteiger charge is 2.25. The lowest BCUT2D eigenvalue weighted by Crippen LogP contribution is -2.32. The molecule has 0 saturated heterocycles. The lowest BCUT2D eigenvalue weighted by atomic mass is 10.2. The Morgan fingerprint density at radius 2 is 1.76 bits per heavy atom. The molecule has 0 spiro atoms. The molecule has 0 aliphatic carbocycles. The predicted octanol–water partition coefficient (Wildman–Crippen LogP) is 2.68. The zero-order chi connectivity index (χ0) is 12.5. The van der Waals surface area contributed by atoms with Gasteiger partial charge in [0, 0.05) is 12.2 Å². The molecule has 1 heterocycles. The van der Waals surface area contributed by atoms with E-state index in [1.807, 2.05) is 32.1 Å². The van der Waals surface area contributed by atoms with E-state index in [0.717, 1.165) is 24.1 Å². The molecule has 0 amide bonds. The highest BCUT2D eigenvalue weighted by molar-refractivity contribution is 7.89. The molecule has 4 heteroatoms. The zero-order valence-corrected chi connectivity index (χ0v) is 11.0. The summed E-state index contributed by atoms with van der Waals surface area (Å²) in [5.74, 6) is 0. The number of hydrogen-bond acceptors (Lipinski definition) is 2. The van der Waals surface area contributed by atoms with Crippen molar-refractivity contribution in [3.05, 3.63) is 41.6 Å². The molecule has 17 heavy (non-hydrogen) atoms. The molecule has 92 valence electrons. The second-order valence-electron chi connectivity index (χ2n) is 4.38. The Balaban J connectivity index is 2.39. The number of nitrogens with zero attached hydrogens (tertiary/aromatic N) is 1. The van der Waals surface area contributed by atoms with Gasteiger partial charge in [-0.15, -0.1) is 0 Å². The molecule has 2 rings (SSSR count). The van der Waals surface area contributed by atoms with Crippen molar-refractivity contribution in [1.29, 1.82) is 0 Å². The Morgan fingerprint density at radius 1 is 1.12 bits per heavy atom. The van der Waals surface area contributed by atoms with Crippen LogP contribution in [-0.4, -0.2) is 19.3 Å². The van der Waals surface area contributed by atoms with Gasteiger partial charge in [-0.3, -0.25) is 4.31 Å². The van der Waals surface area contributed by atoms with Gasteiger partial charge in [-0.25, -0.2) is 8.42 Å². The van der Waals surface area contributed by atoms with E-state index in [-0.39, 0.29) is 0 Å². The second kappa shape index (κ2) is 4.53. The first-order chi connectivity index (χ1) is 8.01. The average molecular weight is 251 g/mol. The molecule has 1 aromatic carbocycles. The van der Waals surface area contributed by atoms with Crippen LogP contribution in [0.5, 0.6) is 0 Å². The number of allylic oxidation sites excluding steroid dienone is 2. The number of benzene rings is 1. The van der Waals surface area contributed by atoms with E-state index in [1.54, 1.807) is 12.1 Å². The van der Waals surface area contributed by atoms with Crippen molar-refractivity contribution in [2.45, 2.75) is 31.6 Å². The van der Waals surface area contributed by atoms with Gasteiger partial charge in [0.2, 0.25) is 0 Å². The minimum absolute atomic E-state index is 0.373. The van der Waals surface area contributed by atoms with Gasteiger partial charge >= 0.3 is 0 Å². The fourth-order valence-electron chi connectivity index (χ4n) is 1.97. The summed E-state index contributed by atoms with van der Waals surface area (Å²) >= 11 is 0. The van der Waals surface area contributed by atoms with Crippen molar-refractivity contribution in [1.82, 2.24) is 4.31 Å². The molecule has 0 unspecified atom stereocenters. The first kappa shape index (κ1) is 12.2. The molecule has 0 radical (unpaired) electrons. The molecule has 1 aliphatic rings. The van der Waals surface area contributed by atoms with Crippen LogP contribution in [0.1, 0.15) is 25.3 Å². The molecular formula is C13H17NO2S. The molecule has 0 N–H and O–H groups in total. The first-order valence-corrected chi connectivity index (χ1v) is 7.22. The highest BCUT2D eigenvalue weighted by Crippen LogP contribution is 2.24. The van der Waals surface area contributed by atoms with Gasteiger partial charge in [-0.1, -0.05) is 23.8 Å². The molecule has 0 aromatic heterocycles. The van der Waals surface area contributed by atoms with Gasteiger partial charge in [0.05, 0.1) is 4.90 Å². The van der Waals surface area contributed by atoms with Crippen molar-refractivity contribution in [3.63, 3.8) is 0 Å². The van der Waals surface area contributed by atoms with Crippen LogP contribution in [0.25, 0.3) is 0 Å². The van der Waals surface area contributed by atoms with Crippen molar-refractivity contribution in [2.75, 3.05) is 6.54 Å². The molecule has 1 aromatic rings. The molecule has 0 atom stereocenters. The van der Waals surface area contributed by atoms with Crippen LogP contribution in [-0.2, 0) is 10.0 Å². The monoisotopic (exact) mass is 251 g/mol. The zero-order valence-electron chi connectivity index (χ0n) is 10.2. The molecule has 0 bridgehead atoms. The van der Waals surface area contributed by atoms with Crippen LogP contribution in [0.2, 0.25) is 0 Å². The average Bonchev–Trinajstić information content (AvgIpc) is 2.30. The molecule has 3 nitrogen and oxygen atoms in total. The topological polar surface area (TPSA) is 37.4 Å². The maximum Gasteiger partial charge on any atom is 0.264 e. The summed E-state index contributed by atoms with van der Waals surface area (Å²) in [6, 6.07) is 7.00. The van der Waals surface area contributed by atoms with Crippen molar-refractivity contribution < 1.29 is 8.42 Å². The predicted molar refractivity (Wildman–Crippen MR) is 68.1 cm³/mol. The standard InChI is InChI=1S/C13H17NO2S/c1-11-6-8-13(9-7-11)17(15,16)14-10-4-3-5-12(14)2/h5-9H,3-4,10H2,1-2H3. The largest absolute Gasteiger partial charge is 0.271 e. The third kappa shape index (κ3) is 2.36. The minimum atomic E-state index is -3.36. The van der Waals surface area contributed by atoms with Gasteiger partial charge in [0.1, 0.15) is 0 Å². The minimum Gasteiger partial charge on any atom is -0.271 e. The molecule has 0 fully saturated rings. The van der Waals surface area contributed by atoms with Crippen LogP contribution in [0.4, 0.5) is 0 Å². The van der Waals surface area contributed by atoms with E-state index in [4.69, 9.17) is 0 Å². The van der Waals surface area contributed by atoms with E-state index in [1.165, 1.54) is 4.31 Å². The Morgan fingerprint density at radius 3 is 2.35 bits per heavy atom. The van der Waals surface area contributed by atoms with Gasteiger partial charge in [-0.2, -0.15) is 0 Å². The fourth-order valence-corrected chi connectivity index (χ4v) is 3.53. The Bertz CT molecular complexity index is 529. The van der Waals surface area contributed by atoms with Crippen LogP contribution in [0.3, 0.4) is 0 Å². The maximum atomic E-state index is 12.4. The number of hydrogen-bond donors (Lipinski definition) is 0. The van der Waals surface area contributed by atoms with E-state index in [2.05, 4.69) is 0 Å². The van der Waals surface area contributed by atoms with Crippen molar-refractivity contribution in [2.24, 2.45) is 0 Å². The number of sulfonamides is 1. The van der Waals surface area contributed by atoms with Crippen LogP contribution >= 0.6 is 0 Å². The van der Waals surface area contributed by atoms with Crippen molar-refractivity contribution >= 4 is 10.0 Å². The first-order valence-electron chi connectivity index (χ1n) is 5.78. The fraction of sp³-hybridized carbons (Fsp3) is 0.385. The van der Waals surface area contributed by atoms with E-state index in [0.29, 0.717) is 11.4 Å². The summed E-state index contributed by atoms with van der Waals surface area (Å²) in [4.78, 5) is 0.373. The smallest absolute Gasteiger partial charge is 0.264 e. The van der Waals surface area contributed by atoms with Crippen LogP contribution in [0, 0.1) is 6.92 Å². The lowest BCUT2D eigenvalue weighted by Gasteiger charge is -2.28. The van der Waals surface area contributed by atoms with Crippen molar-refractivity contribution in [3.8, 4) is 0 Å². The third-order valence-electron chi connectivity index (χ3n) is 3.01.